The number of benzene rings is 1. The first kappa shape index (κ1) is 14.2. The van der Waals surface area contributed by atoms with Crippen molar-refractivity contribution in [1.82, 2.24) is 4.90 Å². The molecule has 0 unspecified atom stereocenters. The van der Waals surface area contributed by atoms with Crippen LogP contribution in [0.25, 0.3) is 0 Å². The largest absolute Gasteiger partial charge is 0.371 e. The minimum atomic E-state index is -0.198. The minimum Gasteiger partial charge on any atom is -0.371 e. The lowest BCUT2D eigenvalue weighted by Crippen LogP contribution is -2.43. The molecule has 0 radical (unpaired) electrons. The van der Waals surface area contributed by atoms with Gasteiger partial charge in [0.25, 0.3) is 0 Å². The van der Waals surface area contributed by atoms with Gasteiger partial charge in [-0.2, -0.15) is 0 Å². The number of allylic oxidation sites excluding steroid dienone is 1. The Labute approximate surface area is 114 Å². The fourth-order valence-electron chi connectivity index (χ4n) is 2.49. The van der Waals surface area contributed by atoms with E-state index in [0.29, 0.717) is 6.04 Å². The summed E-state index contributed by atoms with van der Waals surface area (Å²) < 4.78 is 18.7. The second-order valence-electron chi connectivity index (χ2n) is 5.12. The average molecular weight is 263 g/mol. The van der Waals surface area contributed by atoms with Crippen LogP contribution in [0.5, 0.6) is 0 Å². The Bertz CT molecular complexity index is 404. The van der Waals surface area contributed by atoms with Gasteiger partial charge in [0.2, 0.25) is 0 Å². The summed E-state index contributed by atoms with van der Waals surface area (Å²) in [4.78, 5) is 2.45. The van der Waals surface area contributed by atoms with Crippen molar-refractivity contribution < 1.29 is 9.13 Å². The molecule has 1 saturated heterocycles. The molecule has 2 nitrogen and oxygen atoms in total. The van der Waals surface area contributed by atoms with Gasteiger partial charge in [-0.3, -0.25) is 4.90 Å². The summed E-state index contributed by atoms with van der Waals surface area (Å²) in [5, 5.41) is 0. The number of nitrogens with zero attached hydrogens (tertiary/aromatic N) is 1. The van der Waals surface area contributed by atoms with E-state index in [1.807, 2.05) is 18.2 Å². The number of hydrogen-bond acceptors (Lipinski definition) is 2. The number of hydrogen-bond donors (Lipinski definition) is 0. The number of rotatable bonds is 5. The van der Waals surface area contributed by atoms with Crippen LogP contribution >= 0.6 is 0 Å². The Hall–Kier alpha value is -1.19. The molecule has 1 aliphatic heterocycles. The van der Waals surface area contributed by atoms with Crippen LogP contribution in [-0.2, 0) is 4.74 Å². The third-order valence-electron chi connectivity index (χ3n) is 3.75. The van der Waals surface area contributed by atoms with Crippen LogP contribution in [0.2, 0.25) is 0 Å². The van der Waals surface area contributed by atoms with Crippen LogP contribution in [0.3, 0.4) is 0 Å². The van der Waals surface area contributed by atoms with Crippen LogP contribution in [0.15, 0.2) is 36.9 Å². The molecule has 1 aromatic rings. The zero-order chi connectivity index (χ0) is 13.7. The predicted molar refractivity (Wildman–Crippen MR) is 75.6 cm³/mol. The molecule has 1 fully saturated rings. The van der Waals surface area contributed by atoms with Gasteiger partial charge < -0.3 is 4.74 Å². The van der Waals surface area contributed by atoms with E-state index in [4.69, 9.17) is 4.74 Å². The highest BCUT2D eigenvalue weighted by molar-refractivity contribution is 5.19. The highest BCUT2D eigenvalue weighted by Crippen LogP contribution is 2.24. The number of halogens is 1. The van der Waals surface area contributed by atoms with Crippen molar-refractivity contribution >= 4 is 0 Å². The molecule has 3 heteroatoms. The predicted octanol–water partition coefficient (Wildman–Crippen LogP) is 3.55. The van der Waals surface area contributed by atoms with Crippen LogP contribution in [-0.4, -0.2) is 30.6 Å². The van der Waals surface area contributed by atoms with E-state index in [0.717, 1.165) is 38.1 Å². The Morgan fingerprint density at radius 2 is 2.21 bits per heavy atom. The van der Waals surface area contributed by atoms with Gasteiger partial charge in [0.05, 0.1) is 12.7 Å². The summed E-state index contributed by atoms with van der Waals surface area (Å²) in [6.07, 6.45) is 4.19. The van der Waals surface area contributed by atoms with Crippen LogP contribution in [0.4, 0.5) is 4.39 Å². The Morgan fingerprint density at radius 1 is 1.47 bits per heavy atom. The number of ether oxygens (including phenoxy) is 1. The maximum atomic E-state index is 12.9. The smallest absolute Gasteiger partial charge is 0.123 e. The van der Waals surface area contributed by atoms with Gasteiger partial charge in [0, 0.05) is 19.1 Å². The molecule has 1 aromatic carbocycles. The summed E-state index contributed by atoms with van der Waals surface area (Å²) in [5.74, 6) is -0.198. The monoisotopic (exact) mass is 263 g/mol. The second kappa shape index (κ2) is 6.83. The molecule has 104 valence electrons. The van der Waals surface area contributed by atoms with Crippen molar-refractivity contribution in [3.8, 4) is 0 Å². The van der Waals surface area contributed by atoms with E-state index in [1.54, 1.807) is 0 Å². The summed E-state index contributed by atoms with van der Waals surface area (Å²) in [6.45, 7) is 8.60. The lowest BCUT2D eigenvalue weighted by molar-refractivity contribution is -0.0434. The zero-order valence-corrected chi connectivity index (χ0v) is 11.5. The van der Waals surface area contributed by atoms with Gasteiger partial charge >= 0.3 is 0 Å². The first-order valence-corrected chi connectivity index (χ1v) is 6.92. The zero-order valence-electron chi connectivity index (χ0n) is 11.5. The van der Waals surface area contributed by atoms with E-state index in [2.05, 4.69) is 18.4 Å². The molecule has 2 rings (SSSR count). The molecule has 0 N–H and O–H groups in total. The molecule has 1 heterocycles. The van der Waals surface area contributed by atoms with Gasteiger partial charge in [-0.1, -0.05) is 18.2 Å². The summed E-state index contributed by atoms with van der Waals surface area (Å²) in [7, 11) is 0. The van der Waals surface area contributed by atoms with Gasteiger partial charge in [-0.05, 0) is 37.5 Å². The minimum absolute atomic E-state index is 0.0560. The Balaban J connectivity index is 1.96. The van der Waals surface area contributed by atoms with Crippen molar-refractivity contribution in [2.75, 3.05) is 19.7 Å². The van der Waals surface area contributed by atoms with E-state index < -0.39 is 0 Å². The fourth-order valence-corrected chi connectivity index (χ4v) is 2.49. The van der Waals surface area contributed by atoms with Crippen LogP contribution in [0, 0.1) is 5.82 Å². The Morgan fingerprint density at radius 3 is 2.89 bits per heavy atom. The molecular weight excluding hydrogens is 241 g/mol. The average Bonchev–Trinajstić information content (AvgIpc) is 2.45. The SMILES string of the molecule is C=CCC[C@@H](C)N1CCO[C@@H](c2ccc(F)cc2)C1. The topological polar surface area (TPSA) is 12.5 Å². The standard InChI is InChI=1S/C16H22FNO/c1-3-4-5-13(2)18-10-11-19-16(12-18)14-6-8-15(17)9-7-14/h3,6-9,13,16H,1,4-5,10-12H2,2H3/t13-,16-/m1/s1. The van der Waals surface area contributed by atoms with Crippen LogP contribution < -0.4 is 0 Å². The quantitative estimate of drug-likeness (QED) is 0.753. The van der Waals surface area contributed by atoms with Crippen LogP contribution in [0.1, 0.15) is 31.4 Å². The first-order valence-electron chi connectivity index (χ1n) is 6.92. The molecule has 0 saturated carbocycles. The molecule has 0 bridgehead atoms. The summed E-state index contributed by atoms with van der Waals surface area (Å²) in [6, 6.07) is 7.16. The molecular formula is C16H22FNO. The van der Waals surface area contributed by atoms with Crippen molar-refractivity contribution in [2.45, 2.75) is 31.9 Å². The fraction of sp³-hybridized carbons (Fsp3) is 0.500. The van der Waals surface area contributed by atoms with E-state index in [9.17, 15) is 4.39 Å². The van der Waals surface area contributed by atoms with E-state index in [1.165, 1.54) is 12.1 Å². The molecule has 1 aliphatic rings. The van der Waals surface area contributed by atoms with Gasteiger partial charge in [-0.15, -0.1) is 6.58 Å². The maximum absolute atomic E-state index is 12.9. The third-order valence-corrected chi connectivity index (χ3v) is 3.75. The van der Waals surface area contributed by atoms with E-state index >= 15 is 0 Å². The second-order valence-corrected chi connectivity index (χ2v) is 5.12. The van der Waals surface area contributed by atoms with Gasteiger partial charge in [-0.25, -0.2) is 4.39 Å². The maximum Gasteiger partial charge on any atom is 0.123 e. The van der Waals surface area contributed by atoms with Gasteiger partial charge in [0.1, 0.15) is 5.82 Å². The summed E-state index contributed by atoms with van der Waals surface area (Å²) >= 11 is 0. The highest BCUT2D eigenvalue weighted by Gasteiger charge is 2.24. The Kier molecular flexibility index (Phi) is 5.11. The van der Waals surface area contributed by atoms with Crippen molar-refractivity contribution in [1.29, 1.82) is 0 Å². The van der Waals surface area contributed by atoms with Crippen molar-refractivity contribution in [3.63, 3.8) is 0 Å². The van der Waals surface area contributed by atoms with Crippen molar-refractivity contribution in [2.24, 2.45) is 0 Å². The molecule has 0 spiro atoms. The lowest BCUT2D eigenvalue weighted by Gasteiger charge is -2.37. The lowest BCUT2D eigenvalue weighted by atomic mass is 10.1. The molecule has 2 atom stereocenters. The van der Waals surface area contributed by atoms with E-state index in [-0.39, 0.29) is 11.9 Å². The van der Waals surface area contributed by atoms with Crippen molar-refractivity contribution in [3.05, 3.63) is 48.3 Å². The molecule has 0 amide bonds. The molecule has 0 aromatic heterocycles. The highest BCUT2D eigenvalue weighted by atomic mass is 19.1. The third kappa shape index (κ3) is 3.88. The molecule has 19 heavy (non-hydrogen) atoms. The normalized spacial score (nSPS) is 22.1. The first-order chi connectivity index (χ1) is 9.20. The van der Waals surface area contributed by atoms with Gasteiger partial charge in [0.15, 0.2) is 0 Å². The number of morpholine rings is 1. The summed E-state index contributed by atoms with van der Waals surface area (Å²) in [5.41, 5.74) is 1.06. The molecule has 0 aliphatic carbocycles.